The van der Waals surface area contributed by atoms with Crippen molar-refractivity contribution >= 4 is 11.9 Å². The molecule has 2 N–H and O–H groups in total. The Morgan fingerprint density at radius 1 is 1.05 bits per heavy atom. The van der Waals surface area contributed by atoms with Gasteiger partial charge in [-0.15, -0.1) is 0 Å². The van der Waals surface area contributed by atoms with Gasteiger partial charge in [0.1, 0.15) is 11.7 Å². The van der Waals surface area contributed by atoms with Crippen molar-refractivity contribution < 1.29 is 4.39 Å². The zero-order valence-electron chi connectivity index (χ0n) is 10.5. The first kappa shape index (κ1) is 13.0. The minimum atomic E-state index is -0.246. The number of nitrogens with two attached hydrogens (primary N) is 1. The molecule has 96 valence electrons. The van der Waals surface area contributed by atoms with E-state index in [2.05, 4.69) is 4.99 Å². The predicted octanol–water partition coefficient (Wildman–Crippen LogP) is 3.40. The zero-order chi connectivity index (χ0) is 13.5. The summed E-state index contributed by atoms with van der Waals surface area (Å²) in [5, 5.41) is 0. The summed E-state index contributed by atoms with van der Waals surface area (Å²) in [6, 6.07) is 16.1. The smallest absolute Gasteiger partial charge is 0.123 e. The van der Waals surface area contributed by atoms with Crippen LogP contribution in [0.2, 0.25) is 0 Å². The van der Waals surface area contributed by atoms with Crippen LogP contribution in [0.15, 0.2) is 65.7 Å². The normalized spacial score (nSPS) is 11.9. The molecule has 0 aromatic heterocycles. The summed E-state index contributed by atoms with van der Waals surface area (Å²) in [6.07, 6.45) is 3.67. The van der Waals surface area contributed by atoms with Crippen LogP contribution in [0.4, 0.5) is 4.39 Å². The molecule has 0 saturated carbocycles. The number of amidine groups is 1. The Hall–Kier alpha value is -2.42. The highest BCUT2D eigenvalue weighted by Gasteiger charge is 1.93. The highest BCUT2D eigenvalue weighted by Crippen LogP contribution is 2.04. The van der Waals surface area contributed by atoms with Crippen molar-refractivity contribution in [3.8, 4) is 0 Å². The highest BCUT2D eigenvalue weighted by atomic mass is 19.1. The number of aliphatic imine (C=N–C) groups is 1. The molecule has 0 atom stereocenters. The average Bonchev–Trinajstić information content (AvgIpc) is 2.45. The third-order valence-corrected chi connectivity index (χ3v) is 2.60. The van der Waals surface area contributed by atoms with Crippen molar-refractivity contribution in [1.82, 2.24) is 0 Å². The second-order valence-corrected chi connectivity index (χ2v) is 4.11. The molecular formula is C16H15FN2. The summed E-state index contributed by atoms with van der Waals surface area (Å²) < 4.78 is 12.7. The van der Waals surface area contributed by atoms with Crippen LogP contribution in [0.1, 0.15) is 11.1 Å². The molecule has 2 nitrogen and oxygen atoms in total. The van der Waals surface area contributed by atoms with Crippen molar-refractivity contribution in [3.63, 3.8) is 0 Å². The van der Waals surface area contributed by atoms with E-state index in [1.54, 1.807) is 18.2 Å². The van der Waals surface area contributed by atoms with Gasteiger partial charge in [-0.25, -0.2) is 4.39 Å². The maximum absolute atomic E-state index is 12.7. The quantitative estimate of drug-likeness (QED) is 0.659. The lowest BCUT2D eigenvalue weighted by Gasteiger charge is -1.97. The lowest BCUT2D eigenvalue weighted by atomic mass is 10.2. The summed E-state index contributed by atoms with van der Waals surface area (Å²) >= 11 is 0. The first-order chi connectivity index (χ1) is 9.24. The first-order valence-corrected chi connectivity index (χ1v) is 6.01. The third-order valence-electron chi connectivity index (χ3n) is 2.60. The van der Waals surface area contributed by atoms with Crippen LogP contribution < -0.4 is 5.73 Å². The molecule has 3 heteroatoms. The summed E-state index contributed by atoms with van der Waals surface area (Å²) in [5.74, 6) is 0.206. The maximum atomic E-state index is 12.7. The molecule has 19 heavy (non-hydrogen) atoms. The Morgan fingerprint density at radius 2 is 1.74 bits per heavy atom. The first-order valence-electron chi connectivity index (χ1n) is 6.01. The van der Waals surface area contributed by atoms with E-state index in [1.807, 2.05) is 36.4 Å². The monoisotopic (exact) mass is 254 g/mol. The van der Waals surface area contributed by atoms with Crippen LogP contribution in [0.25, 0.3) is 6.08 Å². The molecule has 0 aliphatic rings. The van der Waals surface area contributed by atoms with E-state index in [0.29, 0.717) is 12.4 Å². The van der Waals surface area contributed by atoms with Crippen LogP contribution in [0.3, 0.4) is 0 Å². The highest BCUT2D eigenvalue weighted by molar-refractivity contribution is 5.95. The van der Waals surface area contributed by atoms with E-state index in [9.17, 15) is 4.39 Å². The Kier molecular flexibility index (Phi) is 4.45. The van der Waals surface area contributed by atoms with Gasteiger partial charge in [-0.1, -0.05) is 48.5 Å². The Morgan fingerprint density at radius 3 is 2.42 bits per heavy atom. The fourth-order valence-electron chi connectivity index (χ4n) is 1.57. The molecule has 2 rings (SSSR count). The molecule has 2 aromatic rings. The third kappa shape index (κ3) is 4.39. The summed E-state index contributed by atoms with van der Waals surface area (Å²) in [5.41, 5.74) is 7.79. The number of benzene rings is 2. The largest absolute Gasteiger partial charge is 0.384 e. The Labute approximate surface area is 112 Å². The van der Waals surface area contributed by atoms with Gasteiger partial charge in [-0.3, -0.25) is 4.99 Å². The van der Waals surface area contributed by atoms with E-state index in [1.165, 1.54) is 12.1 Å². The fourth-order valence-corrected chi connectivity index (χ4v) is 1.57. The van der Waals surface area contributed by atoms with E-state index in [-0.39, 0.29) is 5.82 Å². The van der Waals surface area contributed by atoms with Gasteiger partial charge in [0.05, 0.1) is 6.54 Å². The van der Waals surface area contributed by atoms with Gasteiger partial charge in [0, 0.05) is 0 Å². The van der Waals surface area contributed by atoms with Crippen LogP contribution in [0, 0.1) is 5.82 Å². The minimum absolute atomic E-state index is 0.246. The molecule has 2 aromatic carbocycles. The van der Waals surface area contributed by atoms with Gasteiger partial charge in [-0.2, -0.15) is 0 Å². The molecule has 0 fully saturated rings. The average molecular weight is 254 g/mol. The maximum Gasteiger partial charge on any atom is 0.123 e. The molecule has 0 heterocycles. The van der Waals surface area contributed by atoms with Crippen LogP contribution >= 0.6 is 0 Å². The number of halogens is 1. The van der Waals surface area contributed by atoms with Gasteiger partial charge < -0.3 is 5.73 Å². The van der Waals surface area contributed by atoms with E-state index < -0.39 is 0 Å². The second kappa shape index (κ2) is 6.50. The standard InChI is InChI=1S/C16H15FN2/c17-15-9-6-14(7-10-15)12-19-16(18)11-8-13-4-2-1-3-5-13/h1-11H,12H2,(H2,18,19)/b11-8+. The van der Waals surface area contributed by atoms with Crippen molar-refractivity contribution in [2.45, 2.75) is 6.54 Å². The van der Waals surface area contributed by atoms with E-state index in [4.69, 9.17) is 5.73 Å². The fraction of sp³-hybridized carbons (Fsp3) is 0.0625. The molecule has 0 spiro atoms. The SMILES string of the molecule is NC(/C=C/c1ccccc1)=NCc1ccc(F)cc1. The molecule has 0 aliphatic heterocycles. The molecular weight excluding hydrogens is 239 g/mol. The van der Waals surface area contributed by atoms with Crippen molar-refractivity contribution in [2.75, 3.05) is 0 Å². The van der Waals surface area contributed by atoms with Crippen molar-refractivity contribution in [1.29, 1.82) is 0 Å². The summed E-state index contributed by atoms with van der Waals surface area (Å²) in [6.45, 7) is 0.450. The molecule has 0 amide bonds. The van der Waals surface area contributed by atoms with Gasteiger partial charge in [0.2, 0.25) is 0 Å². The van der Waals surface area contributed by atoms with Crippen LogP contribution in [-0.2, 0) is 6.54 Å². The van der Waals surface area contributed by atoms with E-state index in [0.717, 1.165) is 11.1 Å². The number of hydrogen-bond acceptors (Lipinski definition) is 1. The molecule has 0 radical (unpaired) electrons. The van der Waals surface area contributed by atoms with Crippen molar-refractivity contribution in [3.05, 3.63) is 77.6 Å². The van der Waals surface area contributed by atoms with Gasteiger partial charge in [-0.05, 0) is 29.3 Å². The zero-order valence-corrected chi connectivity index (χ0v) is 10.5. The lowest BCUT2D eigenvalue weighted by Crippen LogP contribution is -2.07. The van der Waals surface area contributed by atoms with E-state index >= 15 is 0 Å². The van der Waals surface area contributed by atoms with Gasteiger partial charge in [0.25, 0.3) is 0 Å². The Balaban J connectivity index is 1.96. The van der Waals surface area contributed by atoms with Crippen LogP contribution in [0.5, 0.6) is 0 Å². The van der Waals surface area contributed by atoms with Gasteiger partial charge in [0.15, 0.2) is 0 Å². The topological polar surface area (TPSA) is 38.4 Å². The molecule has 0 bridgehead atoms. The number of rotatable bonds is 4. The van der Waals surface area contributed by atoms with Crippen molar-refractivity contribution in [2.24, 2.45) is 10.7 Å². The van der Waals surface area contributed by atoms with Gasteiger partial charge >= 0.3 is 0 Å². The predicted molar refractivity (Wildman–Crippen MR) is 77.2 cm³/mol. The number of nitrogens with zero attached hydrogens (tertiary/aromatic N) is 1. The summed E-state index contributed by atoms with van der Waals surface area (Å²) in [7, 11) is 0. The minimum Gasteiger partial charge on any atom is -0.384 e. The number of hydrogen-bond donors (Lipinski definition) is 1. The lowest BCUT2D eigenvalue weighted by molar-refractivity contribution is 0.627. The molecule has 0 saturated heterocycles. The summed E-state index contributed by atoms with van der Waals surface area (Å²) in [4.78, 5) is 4.22. The Bertz CT molecular complexity index is 571. The second-order valence-electron chi connectivity index (χ2n) is 4.11. The van der Waals surface area contributed by atoms with Crippen LogP contribution in [-0.4, -0.2) is 5.84 Å². The molecule has 0 unspecified atom stereocenters. The molecule has 0 aliphatic carbocycles.